The quantitative estimate of drug-likeness (QED) is 0.726. The molecule has 2 aliphatic carbocycles. The van der Waals surface area contributed by atoms with E-state index >= 15 is 0 Å². The molecule has 0 bridgehead atoms. The molecule has 16 heavy (non-hydrogen) atoms. The maximum absolute atomic E-state index is 11.4. The molecule has 0 unspecified atom stereocenters. The molecule has 2 aliphatic rings. The predicted molar refractivity (Wildman–Crippen MR) is 63.5 cm³/mol. The summed E-state index contributed by atoms with van der Waals surface area (Å²) in [5, 5.41) is 12.9. The van der Waals surface area contributed by atoms with Gasteiger partial charge in [-0.25, -0.2) is 0 Å². The summed E-state index contributed by atoms with van der Waals surface area (Å²) in [6.07, 6.45) is 11.2. The fraction of sp³-hybridized carbons (Fsp3) is 0.923. The largest absolute Gasteiger partial charge is 0.480 e. The lowest BCUT2D eigenvalue weighted by Gasteiger charge is -2.30. The number of hydrogen-bond acceptors (Lipinski definition) is 2. The first-order valence-electron chi connectivity index (χ1n) is 6.74. The molecule has 3 heteroatoms. The monoisotopic (exact) mass is 225 g/mol. The first kappa shape index (κ1) is 11.9. The van der Waals surface area contributed by atoms with Crippen LogP contribution in [0.25, 0.3) is 0 Å². The van der Waals surface area contributed by atoms with Gasteiger partial charge in [-0.1, -0.05) is 38.5 Å². The third-order valence-electron chi connectivity index (χ3n) is 4.20. The van der Waals surface area contributed by atoms with E-state index in [4.69, 9.17) is 0 Å². The van der Waals surface area contributed by atoms with E-state index in [0.29, 0.717) is 6.04 Å². The zero-order chi connectivity index (χ0) is 11.4. The Balaban J connectivity index is 1.96. The van der Waals surface area contributed by atoms with Gasteiger partial charge in [0, 0.05) is 6.04 Å². The number of rotatable bonds is 3. The fourth-order valence-corrected chi connectivity index (χ4v) is 3.21. The molecule has 3 nitrogen and oxygen atoms in total. The van der Waals surface area contributed by atoms with Crippen molar-refractivity contribution in [3.63, 3.8) is 0 Å². The van der Waals surface area contributed by atoms with Crippen LogP contribution in [0.5, 0.6) is 0 Å². The van der Waals surface area contributed by atoms with Crippen LogP contribution >= 0.6 is 0 Å². The molecule has 2 saturated carbocycles. The Morgan fingerprint density at radius 2 is 1.56 bits per heavy atom. The maximum atomic E-state index is 11.4. The third kappa shape index (κ3) is 2.57. The summed E-state index contributed by atoms with van der Waals surface area (Å²) in [5.41, 5.74) is -0.588. The van der Waals surface area contributed by atoms with E-state index in [1.807, 2.05) is 0 Å². The number of carbonyl (C=O) groups is 1. The first-order chi connectivity index (χ1) is 7.73. The summed E-state index contributed by atoms with van der Waals surface area (Å²) in [4.78, 5) is 11.4. The van der Waals surface area contributed by atoms with Crippen molar-refractivity contribution < 1.29 is 9.90 Å². The van der Waals surface area contributed by atoms with Gasteiger partial charge in [0.2, 0.25) is 0 Å². The van der Waals surface area contributed by atoms with E-state index in [1.54, 1.807) is 0 Å². The normalized spacial score (nSPS) is 26.5. The number of nitrogens with one attached hydrogen (secondary N) is 1. The number of carboxylic acids is 1. The molecule has 2 rings (SSSR count). The molecule has 0 amide bonds. The zero-order valence-electron chi connectivity index (χ0n) is 10.0. The molecule has 0 aromatic heterocycles. The molecule has 0 radical (unpaired) electrons. The van der Waals surface area contributed by atoms with Gasteiger partial charge in [-0.05, 0) is 25.7 Å². The summed E-state index contributed by atoms with van der Waals surface area (Å²) < 4.78 is 0. The predicted octanol–water partition coefficient (Wildman–Crippen LogP) is 2.70. The summed E-state index contributed by atoms with van der Waals surface area (Å²) in [7, 11) is 0. The van der Waals surface area contributed by atoms with Gasteiger partial charge in [-0.15, -0.1) is 0 Å². The summed E-state index contributed by atoms with van der Waals surface area (Å²) >= 11 is 0. The molecule has 2 N–H and O–H groups in total. The Bertz CT molecular complexity index is 238. The lowest BCUT2D eigenvalue weighted by atomic mass is 9.94. The lowest BCUT2D eigenvalue weighted by Crippen LogP contribution is -2.54. The van der Waals surface area contributed by atoms with Crippen LogP contribution in [0.4, 0.5) is 0 Å². The highest BCUT2D eigenvalue weighted by Crippen LogP contribution is 2.32. The fourth-order valence-electron chi connectivity index (χ4n) is 3.21. The lowest BCUT2D eigenvalue weighted by molar-refractivity contribution is -0.145. The van der Waals surface area contributed by atoms with E-state index in [9.17, 15) is 9.90 Å². The van der Waals surface area contributed by atoms with Crippen molar-refractivity contribution in [3.8, 4) is 0 Å². The van der Waals surface area contributed by atoms with Gasteiger partial charge in [-0.2, -0.15) is 0 Å². The van der Waals surface area contributed by atoms with Crippen molar-refractivity contribution in [2.24, 2.45) is 0 Å². The van der Waals surface area contributed by atoms with Crippen LogP contribution in [0.1, 0.15) is 64.2 Å². The average Bonchev–Trinajstić information content (AvgIpc) is 2.58. The van der Waals surface area contributed by atoms with Gasteiger partial charge in [0.05, 0.1) is 0 Å². The van der Waals surface area contributed by atoms with Crippen molar-refractivity contribution in [1.29, 1.82) is 0 Å². The van der Waals surface area contributed by atoms with Crippen LogP contribution in [-0.4, -0.2) is 22.7 Å². The van der Waals surface area contributed by atoms with Crippen molar-refractivity contribution in [2.75, 3.05) is 0 Å². The third-order valence-corrected chi connectivity index (χ3v) is 4.20. The van der Waals surface area contributed by atoms with Crippen LogP contribution in [-0.2, 0) is 4.79 Å². The van der Waals surface area contributed by atoms with Gasteiger partial charge in [0.1, 0.15) is 5.54 Å². The number of hydrogen-bond donors (Lipinski definition) is 2. The van der Waals surface area contributed by atoms with Gasteiger partial charge < -0.3 is 5.11 Å². The molecule has 0 heterocycles. The highest BCUT2D eigenvalue weighted by atomic mass is 16.4. The van der Waals surface area contributed by atoms with Gasteiger partial charge >= 0.3 is 5.97 Å². The Labute approximate surface area is 97.6 Å². The van der Waals surface area contributed by atoms with Crippen molar-refractivity contribution in [1.82, 2.24) is 5.32 Å². The molecule has 0 aromatic carbocycles. The molecule has 0 spiro atoms. The Kier molecular flexibility index (Phi) is 3.85. The number of carboxylic acid groups (broad SMARTS) is 1. The van der Waals surface area contributed by atoms with E-state index < -0.39 is 11.5 Å². The smallest absolute Gasteiger partial charge is 0.323 e. The SMILES string of the molecule is O=C(O)C1(NC2CCCCCC2)CCCC1. The van der Waals surface area contributed by atoms with E-state index in [0.717, 1.165) is 38.5 Å². The molecule has 0 atom stereocenters. The standard InChI is InChI=1S/C13H23NO2/c15-12(16)13(9-5-6-10-13)14-11-7-3-1-2-4-8-11/h11,14H,1-10H2,(H,15,16). The molecule has 2 fully saturated rings. The molecule has 92 valence electrons. The summed E-state index contributed by atoms with van der Waals surface area (Å²) in [6.45, 7) is 0. The highest BCUT2D eigenvalue weighted by Gasteiger charge is 2.42. The molecular formula is C13H23NO2. The zero-order valence-corrected chi connectivity index (χ0v) is 10.0. The summed E-state index contributed by atoms with van der Waals surface area (Å²) in [5.74, 6) is -0.630. The minimum atomic E-state index is -0.630. The molecule has 0 aliphatic heterocycles. The Morgan fingerprint density at radius 3 is 2.06 bits per heavy atom. The van der Waals surface area contributed by atoms with Crippen molar-refractivity contribution in [3.05, 3.63) is 0 Å². The number of aliphatic carboxylic acids is 1. The van der Waals surface area contributed by atoms with Crippen LogP contribution in [0, 0.1) is 0 Å². The Morgan fingerprint density at radius 1 is 1.00 bits per heavy atom. The van der Waals surface area contributed by atoms with Crippen LogP contribution in [0.3, 0.4) is 0 Å². The maximum Gasteiger partial charge on any atom is 0.323 e. The second-order valence-corrected chi connectivity index (χ2v) is 5.43. The minimum Gasteiger partial charge on any atom is -0.480 e. The average molecular weight is 225 g/mol. The van der Waals surface area contributed by atoms with Crippen molar-refractivity contribution in [2.45, 2.75) is 75.8 Å². The highest BCUT2D eigenvalue weighted by molar-refractivity contribution is 5.79. The second-order valence-electron chi connectivity index (χ2n) is 5.43. The van der Waals surface area contributed by atoms with Crippen LogP contribution in [0.15, 0.2) is 0 Å². The topological polar surface area (TPSA) is 49.3 Å². The van der Waals surface area contributed by atoms with Gasteiger partial charge in [0.15, 0.2) is 0 Å². The Hall–Kier alpha value is -0.570. The van der Waals surface area contributed by atoms with E-state index in [2.05, 4.69) is 5.32 Å². The first-order valence-corrected chi connectivity index (χ1v) is 6.74. The van der Waals surface area contributed by atoms with Crippen molar-refractivity contribution >= 4 is 5.97 Å². The van der Waals surface area contributed by atoms with Gasteiger partial charge in [0.25, 0.3) is 0 Å². The molecule has 0 saturated heterocycles. The molecule has 0 aromatic rings. The minimum absolute atomic E-state index is 0.441. The van der Waals surface area contributed by atoms with Crippen LogP contribution < -0.4 is 5.32 Å². The van der Waals surface area contributed by atoms with Crippen LogP contribution in [0.2, 0.25) is 0 Å². The second kappa shape index (κ2) is 5.17. The molecular weight excluding hydrogens is 202 g/mol. The van der Waals surface area contributed by atoms with E-state index in [-0.39, 0.29) is 0 Å². The van der Waals surface area contributed by atoms with E-state index in [1.165, 1.54) is 25.7 Å². The summed E-state index contributed by atoms with van der Waals surface area (Å²) in [6, 6.07) is 0.441. The van der Waals surface area contributed by atoms with Gasteiger partial charge in [-0.3, -0.25) is 10.1 Å².